The number of aromatic carboxylic acids is 1. The smallest absolute Gasteiger partial charge is 0.419 e. The maximum Gasteiger partial charge on any atom is 0.419 e. The minimum absolute atomic E-state index is 0.0368. The van der Waals surface area contributed by atoms with Crippen molar-refractivity contribution in [3.05, 3.63) is 82.6 Å². The first-order valence-corrected chi connectivity index (χ1v) is 9.52. The van der Waals surface area contributed by atoms with Gasteiger partial charge >= 0.3 is 12.1 Å². The molecular formula is C22H19F4N3O3. The Morgan fingerprint density at radius 3 is 2.44 bits per heavy atom. The average Bonchev–Trinajstić information content (AvgIpc) is 3.13. The summed E-state index contributed by atoms with van der Waals surface area (Å²) < 4.78 is 54.2. The molecule has 0 saturated carbocycles. The third-order valence-corrected chi connectivity index (χ3v) is 4.76. The minimum atomic E-state index is -4.84. The van der Waals surface area contributed by atoms with Gasteiger partial charge in [-0.1, -0.05) is 19.9 Å². The van der Waals surface area contributed by atoms with E-state index in [0.717, 1.165) is 23.9 Å². The quantitative estimate of drug-likeness (QED) is 0.509. The number of amides is 1. The molecule has 0 bridgehead atoms. The maximum atomic E-state index is 13.6. The molecule has 3 rings (SSSR count). The third-order valence-electron chi connectivity index (χ3n) is 4.76. The van der Waals surface area contributed by atoms with Crippen LogP contribution in [-0.2, 0) is 12.7 Å². The van der Waals surface area contributed by atoms with E-state index in [9.17, 15) is 27.2 Å². The summed E-state index contributed by atoms with van der Waals surface area (Å²) in [5.41, 5.74) is -0.314. The van der Waals surface area contributed by atoms with E-state index in [2.05, 4.69) is 10.3 Å². The van der Waals surface area contributed by atoms with Gasteiger partial charge in [-0.2, -0.15) is 13.2 Å². The molecule has 0 atom stereocenters. The number of nitrogens with one attached hydrogen (secondary N) is 1. The van der Waals surface area contributed by atoms with E-state index in [1.807, 2.05) is 13.8 Å². The highest BCUT2D eigenvalue weighted by atomic mass is 19.4. The molecule has 2 N–H and O–H groups in total. The molecule has 3 aromatic rings. The Labute approximate surface area is 180 Å². The topological polar surface area (TPSA) is 84.2 Å². The first-order chi connectivity index (χ1) is 15.0. The lowest BCUT2D eigenvalue weighted by Crippen LogP contribution is -2.18. The van der Waals surface area contributed by atoms with Gasteiger partial charge in [-0.3, -0.25) is 4.79 Å². The number of carboxylic acid groups (broad SMARTS) is 1. The van der Waals surface area contributed by atoms with Crippen LogP contribution in [0.2, 0.25) is 0 Å². The molecule has 0 unspecified atom stereocenters. The molecule has 0 radical (unpaired) electrons. The lowest BCUT2D eigenvalue weighted by atomic mass is 10.1. The summed E-state index contributed by atoms with van der Waals surface area (Å²) in [5.74, 6) is -2.96. The summed E-state index contributed by atoms with van der Waals surface area (Å²) in [6, 6.07) is 6.92. The van der Waals surface area contributed by atoms with Gasteiger partial charge in [-0.25, -0.2) is 14.2 Å². The molecule has 0 fully saturated rings. The monoisotopic (exact) mass is 449 g/mol. The lowest BCUT2D eigenvalue weighted by Gasteiger charge is -2.13. The van der Waals surface area contributed by atoms with E-state index in [-0.39, 0.29) is 35.1 Å². The van der Waals surface area contributed by atoms with Crippen molar-refractivity contribution in [2.24, 2.45) is 0 Å². The molecule has 0 aliphatic heterocycles. The molecule has 1 aromatic carbocycles. The molecule has 6 nitrogen and oxygen atoms in total. The van der Waals surface area contributed by atoms with E-state index in [0.29, 0.717) is 0 Å². The molecule has 0 saturated heterocycles. The Balaban J connectivity index is 1.91. The van der Waals surface area contributed by atoms with Crippen molar-refractivity contribution in [2.45, 2.75) is 32.5 Å². The van der Waals surface area contributed by atoms with E-state index < -0.39 is 29.4 Å². The van der Waals surface area contributed by atoms with Crippen molar-refractivity contribution in [3.63, 3.8) is 0 Å². The zero-order chi connectivity index (χ0) is 23.6. The summed E-state index contributed by atoms with van der Waals surface area (Å²) in [6.45, 7) is 3.70. The molecule has 2 heterocycles. The number of rotatable bonds is 6. The molecule has 32 heavy (non-hydrogen) atoms. The fourth-order valence-electron chi connectivity index (χ4n) is 3.03. The molecular weight excluding hydrogens is 430 g/mol. The molecule has 10 heteroatoms. The number of pyridine rings is 1. The number of carbonyl (C=O) groups is 2. The molecule has 0 aliphatic rings. The van der Waals surface area contributed by atoms with Crippen molar-refractivity contribution < 1.29 is 32.3 Å². The maximum absolute atomic E-state index is 13.6. The van der Waals surface area contributed by atoms with Crippen molar-refractivity contribution in [1.29, 1.82) is 0 Å². The summed E-state index contributed by atoms with van der Waals surface area (Å²) >= 11 is 0. The average molecular weight is 449 g/mol. The number of carbonyl (C=O) groups excluding carboxylic acids is 1. The zero-order valence-corrected chi connectivity index (χ0v) is 17.1. The Kier molecular flexibility index (Phi) is 6.33. The number of anilines is 1. The van der Waals surface area contributed by atoms with Crippen LogP contribution < -0.4 is 5.32 Å². The third kappa shape index (κ3) is 5.13. The van der Waals surface area contributed by atoms with Crippen molar-refractivity contribution in [3.8, 4) is 0 Å². The number of alkyl halides is 3. The van der Waals surface area contributed by atoms with Crippen LogP contribution in [-0.4, -0.2) is 26.5 Å². The summed E-state index contributed by atoms with van der Waals surface area (Å²) in [4.78, 5) is 27.6. The standard InChI is InChI=1S/C22H19F4N3O3/c1-12(2)15-8-18(20(30)28-19-6-4-14(9-27-19)21(31)32)29(11-15)10-13-3-5-17(23)16(7-13)22(24,25)26/h3-9,11-12H,10H2,1-2H3,(H,31,32)(H,27,28,30). The molecule has 2 aromatic heterocycles. The van der Waals surface area contributed by atoms with Gasteiger partial charge in [0.25, 0.3) is 5.91 Å². The van der Waals surface area contributed by atoms with Crippen LogP contribution >= 0.6 is 0 Å². The van der Waals surface area contributed by atoms with Crippen LogP contribution in [0.25, 0.3) is 0 Å². The highest BCUT2D eigenvalue weighted by Gasteiger charge is 2.34. The second-order valence-corrected chi connectivity index (χ2v) is 7.44. The number of nitrogens with zero attached hydrogens (tertiary/aromatic N) is 2. The van der Waals surface area contributed by atoms with Crippen LogP contribution in [0.5, 0.6) is 0 Å². The fraction of sp³-hybridized carbons (Fsp3) is 0.227. The van der Waals surface area contributed by atoms with Crippen LogP contribution in [0.4, 0.5) is 23.4 Å². The summed E-state index contributed by atoms with van der Waals surface area (Å²) in [7, 11) is 0. The zero-order valence-electron chi connectivity index (χ0n) is 17.1. The number of hydrogen-bond acceptors (Lipinski definition) is 3. The Hall–Kier alpha value is -3.69. The summed E-state index contributed by atoms with van der Waals surface area (Å²) in [5, 5.41) is 11.5. The number of aromatic nitrogens is 2. The Morgan fingerprint density at radius 1 is 1.16 bits per heavy atom. The van der Waals surface area contributed by atoms with Gasteiger partial charge in [0.15, 0.2) is 0 Å². The second kappa shape index (κ2) is 8.81. The predicted molar refractivity (Wildman–Crippen MR) is 108 cm³/mol. The lowest BCUT2D eigenvalue weighted by molar-refractivity contribution is -0.140. The fourth-order valence-corrected chi connectivity index (χ4v) is 3.03. The van der Waals surface area contributed by atoms with E-state index in [1.165, 1.54) is 22.8 Å². The first kappa shape index (κ1) is 23.0. The van der Waals surface area contributed by atoms with Gasteiger partial charge in [-0.05, 0) is 47.4 Å². The highest BCUT2D eigenvalue weighted by Crippen LogP contribution is 2.32. The van der Waals surface area contributed by atoms with Gasteiger partial charge in [0.05, 0.1) is 11.1 Å². The van der Waals surface area contributed by atoms with E-state index >= 15 is 0 Å². The Bertz CT molecular complexity index is 1150. The van der Waals surface area contributed by atoms with Crippen molar-refractivity contribution >= 4 is 17.7 Å². The Morgan fingerprint density at radius 2 is 1.88 bits per heavy atom. The molecule has 0 spiro atoms. The van der Waals surface area contributed by atoms with Crippen LogP contribution in [0, 0.1) is 5.82 Å². The number of benzene rings is 1. The number of halogens is 4. The van der Waals surface area contributed by atoms with Crippen molar-refractivity contribution in [1.82, 2.24) is 9.55 Å². The SMILES string of the molecule is CC(C)c1cc(C(=O)Nc2ccc(C(=O)O)cn2)n(Cc2ccc(F)c(C(F)(F)F)c2)c1. The largest absolute Gasteiger partial charge is 0.478 e. The van der Waals surface area contributed by atoms with Gasteiger partial charge in [0, 0.05) is 18.9 Å². The number of hydrogen-bond donors (Lipinski definition) is 2. The van der Waals surface area contributed by atoms with E-state index in [4.69, 9.17) is 5.11 Å². The second-order valence-electron chi connectivity index (χ2n) is 7.44. The number of carboxylic acids is 1. The highest BCUT2D eigenvalue weighted by molar-refractivity contribution is 6.03. The van der Waals surface area contributed by atoms with Crippen LogP contribution in [0.15, 0.2) is 48.8 Å². The van der Waals surface area contributed by atoms with Gasteiger partial charge in [-0.15, -0.1) is 0 Å². The van der Waals surface area contributed by atoms with Gasteiger partial charge < -0.3 is 15.0 Å². The van der Waals surface area contributed by atoms with E-state index in [1.54, 1.807) is 12.3 Å². The van der Waals surface area contributed by atoms with Gasteiger partial charge in [0.1, 0.15) is 17.3 Å². The first-order valence-electron chi connectivity index (χ1n) is 9.52. The molecule has 0 aliphatic carbocycles. The normalized spacial score (nSPS) is 11.6. The summed E-state index contributed by atoms with van der Waals surface area (Å²) in [6.07, 6.45) is -2.10. The van der Waals surface area contributed by atoms with Gasteiger partial charge in [0.2, 0.25) is 0 Å². The molecule has 168 valence electrons. The van der Waals surface area contributed by atoms with Crippen LogP contribution in [0.1, 0.15) is 57.3 Å². The molecule has 1 amide bonds. The van der Waals surface area contributed by atoms with Crippen LogP contribution in [0.3, 0.4) is 0 Å². The minimum Gasteiger partial charge on any atom is -0.478 e. The predicted octanol–water partition coefficient (Wildman–Crippen LogP) is 5.16. The van der Waals surface area contributed by atoms with Crippen molar-refractivity contribution in [2.75, 3.05) is 5.32 Å².